The molecule has 11 heteroatoms. The van der Waals surface area contributed by atoms with Crippen molar-refractivity contribution in [1.82, 2.24) is 19.3 Å². The number of anilines is 2. The standard InChI is InChI=1S/C20H19N7O4/c1-4-22-16-14(9-11(2)23-17(16)19(29)30)18(28)24-12-5-7-13(8-6-12)27-15(10-21)25-26(3)20(27)31/h5-9,22H,4H2,1-3H3,(H,24,28)(H,29,30). The summed E-state index contributed by atoms with van der Waals surface area (Å²) >= 11 is 0. The minimum absolute atomic E-state index is 0.0620. The van der Waals surface area contributed by atoms with Crippen molar-refractivity contribution in [2.75, 3.05) is 17.2 Å². The van der Waals surface area contributed by atoms with Crippen LogP contribution in [-0.2, 0) is 7.05 Å². The van der Waals surface area contributed by atoms with Gasteiger partial charge in [-0.25, -0.2) is 23.8 Å². The number of hydrogen-bond donors (Lipinski definition) is 3. The summed E-state index contributed by atoms with van der Waals surface area (Å²) < 4.78 is 2.21. The maximum atomic E-state index is 12.9. The molecule has 0 bridgehead atoms. The van der Waals surface area contributed by atoms with Crippen molar-refractivity contribution in [3.05, 3.63) is 63.6 Å². The maximum absolute atomic E-state index is 12.9. The van der Waals surface area contributed by atoms with E-state index in [4.69, 9.17) is 0 Å². The highest BCUT2D eigenvalue weighted by Gasteiger charge is 2.21. The Kier molecular flexibility index (Phi) is 5.83. The van der Waals surface area contributed by atoms with E-state index in [9.17, 15) is 24.8 Å². The van der Waals surface area contributed by atoms with Crippen LogP contribution in [0.15, 0.2) is 35.1 Å². The number of carbonyl (C=O) groups excluding carboxylic acids is 1. The van der Waals surface area contributed by atoms with Gasteiger partial charge in [0.25, 0.3) is 5.91 Å². The lowest BCUT2D eigenvalue weighted by Crippen LogP contribution is -2.22. The Morgan fingerprint density at radius 1 is 1.26 bits per heavy atom. The monoisotopic (exact) mass is 421 g/mol. The summed E-state index contributed by atoms with van der Waals surface area (Å²) in [6.45, 7) is 3.79. The zero-order valence-corrected chi connectivity index (χ0v) is 17.0. The number of nitriles is 1. The molecule has 11 nitrogen and oxygen atoms in total. The maximum Gasteiger partial charge on any atom is 0.356 e. The second kappa shape index (κ2) is 8.50. The Morgan fingerprint density at radius 2 is 1.94 bits per heavy atom. The van der Waals surface area contributed by atoms with Gasteiger partial charge in [-0.05, 0) is 44.2 Å². The molecular weight excluding hydrogens is 402 g/mol. The molecule has 0 unspecified atom stereocenters. The van der Waals surface area contributed by atoms with Crippen LogP contribution < -0.4 is 16.3 Å². The first-order chi connectivity index (χ1) is 14.8. The second-order valence-electron chi connectivity index (χ2n) is 6.55. The summed E-state index contributed by atoms with van der Waals surface area (Å²) in [7, 11) is 1.44. The van der Waals surface area contributed by atoms with Crippen LogP contribution in [0.3, 0.4) is 0 Å². The zero-order chi connectivity index (χ0) is 22.7. The lowest BCUT2D eigenvalue weighted by molar-refractivity contribution is 0.0691. The molecule has 0 spiro atoms. The number of hydrogen-bond acceptors (Lipinski definition) is 7. The van der Waals surface area contributed by atoms with Crippen LogP contribution in [0.1, 0.15) is 39.3 Å². The van der Waals surface area contributed by atoms with Gasteiger partial charge in [-0.2, -0.15) is 5.26 Å². The molecule has 31 heavy (non-hydrogen) atoms. The Bertz CT molecular complexity index is 1270. The molecule has 2 aromatic heterocycles. The summed E-state index contributed by atoms with van der Waals surface area (Å²) in [5.41, 5.74) is 0.784. The van der Waals surface area contributed by atoms with Gasteiger partial charge in [0.2, 0.25) is 5.82 Å². The van der Waals surface area contributed by atoms with Gasteiger partial charge >= 0.3 is 11.7 Å². The van der Waals surface area contributed by atoms with Gasteiger partial charge in [-0.15, -0.1) is 5.10 Å². The normalized spacial score (nSPS) is 10.4. The van der Waals surface area contributed by atoms with Crippen molar-refractivity contribution in [2.45, 2.75) is 13.8 Å². The zero-order valence-electron chi connectivity index (χ0n) is 17.0. The minimum Gasteiger partial charge on any atom is -0.476 e. The van der Waals surface area contributed by atoms with Crippen LogP contribution in [-0.4, -0.2) is 42.9 Å². The Labute approximate surface area is 176 Å². The number of aryl methyl sites for hydroxylation is 2. The van der Waals surface area contributed by atoms with Gasteiger partial charge < -0.3 is 15.7 Å². The number of nitrogens with one attached hydrogen (secondary N) is 2. The molecular formula is C20H19N7O4. The fourth-order valence-electron chi connectivity index (χ4n) is 3.02. The first kappa shape index (κ1) is 21.3. The van der Waals surface area contributed by atoms with Gasteiger partial charge in [-0.1, -0.05) is 0 Å². The number of aromatic nitrogens is 4. The fourth-order valence-corrected chi connectivity index (χ4v) is 3.02. The molecule has 0 fully saturated rings. The van der Waals surface area contributed by atoms with Crippen LogP contribution in [0.25, 0.3) is 5.69 Å². The smallest absolute Gasteiger partial charge is 0.356 e. The fraction of sp³-hybridized carbons (Fsp3) is 0.200. The quantitative estimate of drug-likeness (QED) is 0.541. The van der Waals surface area contributed by atoms with Gasteiger partial charge in [0, 0.05) is 25.0 Å². The second-order valence-corrected chi connectivity index (χ2v) is 6.55. The summed E-state index contributed by atoms with van der Waals surface area (Å²) in [4.78, 5) is 40.6. The van der Waals surface area contributed by atoms with Crippen molar-refractivity contribution in [2.24, 2.45) is 7.05 Å². The number of pyridine rings is 1. The number of nitrogens with zero attached hydrogens (tertiary/aromatic N) is 5. The van der Waals surface area contributed by atoms with Crippen LogP contribution in [0.2, 0.25) is 0 Å². The molecule has 2 heterocycles. The third-order valence-electron chi connectivity index (χ3n) is 4.36. The molecule has 0 aliphatic rings. The van der Waals surface area contributed by atoms with Crippen molar-refractivity contribution < 1.29 is 14.7 Å². The average molecular weight is 421 g/mol. The first-order valence-electron chi connectivity index (χ1n) is 9.23. The molecule has 1 aromatic carbocycles. The van der Waals surface area contributed by atoms with Crippen LogP contribution in [0.5, 0.6) is 0 Å². The van der Waals surface area contributed by atoms with E-state index in [1.165, 1.54) is 13.1 Å². The van der Waals surface area contributed by atoms with Crippen LogP contribution >= 0.6 is 0 Å². The number of carboxylic acid groups (broad SMARTS) is 1. The Balaban J connectivity index is 1.93. The van der Waals surface area contributed by atoms with E-state index < -0.39 is 17.6 Å². The number of benzene rings is 1. The molecule has 1 amide bonds. The average Bonchev–Trinajstić information content (AvgIpc) is 3.03. The molecule has 158 valence electrons. The van der Waals surface area contributed by atoms with E-state index in [-0.39, 0.29) is 22.8 Å². The molecule has 0 saturated heterocycles. The third kappa shape index (κ3) is 4.13. The highest BCUT2D eigenvalue weighted by Crippen LogP contribution is 2.23. The van der Waals surface area contributed by atoms with Crippen molar-refractivity contribution in [3.63, 3.8) is 0 Å². The minimum atomic E-state index is -1.24. The topological polar surface area (TPSA) is 155 Å². The number of aromatic carboxylic acids is 1. The molecule has 3 N–H and O–H groups in total. The van der Waals surface area contributed by atoms with E-state index in [0.717, 1.165) is 9.25 Å². The van der Waals surface area contributed by atoms with Crippen molar-refractivity contribution in [3.8, 4) is 11.8 Å². The number of carbonyl (C=O) groups is 2. The highest BCUT2D eigenvalue weighted by molar-refractivity contribution is 6.10. The molecule has 0 atom stereocenters. The summed E-state index contributed by atoms with van der Waals surface area (Å²) in [5.74, 6) is -1.82. The lowest BCUT2D eigenvalue weighted by Gasteiger charge is -2.14. The third-order valence-corrected chi connectivity index (χ3v) is 4.36. The van der Waals surface area contributed by atoms with E-state index in [2.05, 4.69) is 20.7 Å². The first-order valence-corrected chi connectivity index (χ1v) is 9.23. The van der Waals surface area contributed by atoms with Crippen LogP contribution in [0, 0.1) is 18.3 Å². The van der Waals surface area contributed by atoms with E-state index in [1.54, 1.807) is 38.1 Å². The van der Waals surface area contributed by atoms with E-state index in [1.807, 2.05) is 6.07 Å². The predicted molar refractivity (Wildman–Crippen MR) is 112 cm³/mol. The Hall–Kier alpha value is -4.46. The summed E-state index contributed by atoms with van der Waals surface area (Å²) in [6, 6.07) is 9.61. The van der Waals surface area contributed by atoms with Gasteiger partial charge in [0.1, 0.15) is 6.07 Å². The van der Waals surface area contributed by atoms with E-state index in [0.29, 0.717) is 23.6 Å². The molecule has 3 rings (SSSR count). The van der Waals surface area contributed by atoms with E-state index >= 15 is 0 Å². The number of rotatable bonds is 6. The molecule has 3 aromatic rings. The van der Waals surface area contributed by atoms with Gasteiger partial charge in [0.05, 0.1) is 16.9 Å². The van der Waals surface area contributed by atoms with Crippen molar-refractivity contribution in [1.29, 1.82) is 5.26 Å². The molecule has 0 aliphatic carbocycles. The van der Waals surface area contributed by atoms with Gasteiger partial charge in [0.15, 0.2) is 5.69 Å². The van der Waals surface area contributed by atoms with Crippen molar-refractivity contribution >= 4 is 23.3 Å². The highest BCUT2D eigenvalue weighted by atomic mass is 16.4. The SMILES string of the molecule is CCNc1c(C(=O)Nc2ccc(-n3c(C#N)nn(C)c3=O)cc2)cc(C)nc1C(=O)O. The largest absolute Gasteiger partial charge is 0.476 e. The number of carboxylic acids is 1. The molecule has 0 radical (unpaired) electrons. The predicted octanol–water partition coefficient (Wildman–Crippen LogP) is 1.53. The summed E-state index contributed by atoms with van der Waals surface area (Å²) in [6.07, 6.45) is 0. The molecule has 0 saturated carbocycles. The number of amides is 1. The lowest BCUT2D eigenvalue weighted by atomic mass is 10.1. The molecule has 0 aliphatic heterocycles. The summed E-state index contributed by atoms with van der Waals surface area (Å²) in [5, 5.41) is 28.0. The van der Waals surface area contributed by atoms with Gasteiger partial charge in [-0.3, -0.25) is 4.79 Å². The Morgan fingerprint density at radius 3 is 2.52 bits per heavy atom. The van der Waals surface area contributed by atoms with Crippen LogP contribution in [0.4, 0.5) is 11.4 Å².